The first-order valence-electron chi connectivity index (χ1n) is 6.69. The van der Waals surface area contributed by atoms with Crippen molar-refractivity contribution in [3.05, 3.63) is 23.5 Å². The molecule has 1 aliphatic rings. The second-order valence-corrected chi connectivity index (χ2v) is 5.19. The molecule has 1 aliphatic heterocycles. The molecule has 6 heteroatoms. The van der Waals surface area contributed by atoms with Crippen LogP contribution in [-0.2, 0) is 0 Å². The number of aliphatic hydroxyl groups excluding tert-OH is 1. The van der Waals surface area contributed by atoms with Gasteiger partial charge in [-0.25, -0.2) is 0 Å². The molecule has 1 aromatic heterocycles. The molecule has 0 saturated carbocycles. The van der Waals surface area contributed by atoms with Crippen molar-refractivity contribution in [1.29, 1.82) is 5.26 Å². The van der Waals surface area contributed by atoms with Crippen molar-refractivity contribution in [3.8, 4) is 11.8 Å². The number of aromatic nitrogens is 1. The fourth-order valence-corrected chi connectivity index (χ4v) is 2.40. The van der Waals surface area contributed by atoms with Crippen LogP contribution in [0.2, 0.25) is 0 Å². The monoisotopic (exact) mass is 276 g/mol. The van der Waals surface area contributed by atoms with Gasteiger partial charge < -0.3 is 15.2 Å². The van der Waals surface area contributed by atoms with Crippen molar-refractivity contribution >= 4 is 0 Å². The van der Waals surface area contributed by atoms with E-state index < -0.39 is 6.10 Å². The topological polar surface area (TPSA) is 81.4 Å². The Hall–Kier alpha value is -1.68. The number of rotatable bonds is 4. The summed E-state index contributed by atoms with van der Waals surface area (Å²) >= 11 is 0. The van der Waals surface area contributed by atoms with Gasteiger partial charge in [0.15, 0.2) is 0 Å². The van der Waals surface area contributed by atoms with Crippen LogP contribution >= 0.6 is 0 Å². The molecule has 1 aromatic rings. The molecule has 2 rings (SSSR count). The van der Waals surface area contributed by atoms with Crippen molar-refractivity contribution in [3.63, 3.8) is 0 Å². The minimum absolute atomic E-state index is 0.372. The van der Waals surface area contributed by atoms with Crippen molar-refractivity contribution in [2.24, 2.45) is 5.92 Å². The molecule has 2 atom stereocenters. The van der Waals surface area contributed by atoms with Crippen LogP contribution in [0.5, 0.6) is 5.75 Å². The Balaban J connectivity index is 2.05. The minimum Gasteiger partial charge on any atom is -0.495 e. The lowest BCUT2D eigenvalue weighted by atomic mass is 10.1. The molecule has 2 unspecified atom stereocenters. The number of nitriles is 1. The first-order valence-corrected chi connectivity index (χ1v) is 6.69. The summed E-state index contributed by atoms with van der Waals surface area (Å²) in [6.45, 7) is 5.43. The van der Waals surface area contributed by atoms with Crippen LogP contribution in [0.25, 0.3) is 0 Å². The van der Waals surface area contributed by atoms with E-state index in [0.717, 1.165) is 19.8 Å². The minimum atomic E-state index is -0.691. The highest BCUT2D eigenvalue weighted by Crippen LogP contribution is 2.22. The average molecular weight is 276 g/mol. The van der Waals surface area contributed by atoms with Crippen molar-refractivity contribution in [2.45, 2.75) is 13.0 Å². The number of hydrogen-bond donors (Lipinski definition) is 2. The summed E-state index contributed by atoms with van der Waals surface area (Å²) in [4.78, 5) is 6.30. The van der Waals surface area contributed by atoms with Crippen molar-refractivity contribution < 1.29 is 9.84 Å². The van der Waals surface area contributed by atoms with E-state index in [1.807, 2.05) is 6.07 Å². The van der Waals surface area contributed by atoms with E-state index in [-0.39, 0.29) is 0 Å². The number of nitrogens with zero attached hydrogens (tertiary/aromatic N) is 3. The highest BCUT2D eigenvalue weighted by molar-refractivity contribution is 5.42. The van der Waals surface area contributed by atoms with Gasteiger partial charge in [-0.05, 0) is 5.92 Å². The summed E-state index contributed by atoms with van der Waals surface area (Å²) in [5, 5.41) is 22.5. The molecule has 108 valence electrons. The zero-order chi connectivity index (χ0) is 14.5. The molecular formula is C14H20N4O2. The van der Waals surface area contributed by atoms with E-state index in [1.54, 1.807) is 6.07 Å². The third-order valence-electron chi connectivity index (χ3n) is 3.40. The molecule has 0 spiro atoms. The Labute approximate surface area is 119 Å². The molecular weight excluding hydrogens is 256 g/mol. The molecule has 0 aliphatic carbocycles. The van der Waals surface area contributed by atoms with Gasteiger partial charge in [-0.3, -0.25) is 9.88 Å². The van der Waals surface area contributed by atoms with Gasteiger partial charge in [0.1, 0.15) is 23.5 Å². The first-order chi connectivity index (χ1) is 9.63. The van der Waals surface area contributed by atoms with E-state index in [1.165, 1.54) is 13.3 Å². The zero-order valence-corrected chi connectivity index (χ0v) is 11.8. The lowest BCUT2D eigenvalue weighted by Crippen LogP contribution is -2.47. The SMILES string of the molecule is COc1cc(C(O)CN2CNCC(C)C2)ncc1C#N. The summed E-state index contributed by atoms with van der Waals surface area (Å²) in [7, 11) is 1.50. The fraction of sp³-hybridized carbons (Fsp3) is 0.571. The average Bonchev–Trinajstić information content (AvgIpc) is 2.46. The van der Waals surface area contributed by atoms with E-state index in [0.29, 0.717) is 29.5 Å². The van der Waals surface area contributed by atoms with E-state index in [4.69, 9.17) is 10.00 Å². The summed E-state index contributed by atoms with van der Waals surface area (Å²) in [5.74, 6) is 1.01. The maximum atomic E-state index is 10.3. The Kier molecular flexibility index (Phi) is 4.90. The normalized spacial score (nSPS) is 21.2. The van der Waals surface area contributed by atoms with Crippen LogP contribution in [0, 0.1) is 17.2 Å². The van der Waals surface area contributed by atoms with Gasteiger partial charge in [0.25, 0.3) is 0 Å². The fourth-order valence-electron chi connectivity index (χ4n) is 2.40. The molecule has 2 N–H and O–H groups in total. The highest BCUT2D eigenvalue weighted by Gasteiger charge is 2.20. The number of aliphatic hydroxyl groups is 1. The predicted molar refractivity (Wildman–Crippen MR) is 74.1 cm³/mol. The number of nitrogens with one attached hydrogen (secondary N) is 1. The Morgan fingerprint density at radius 2 is 2.50 bits per heavy atom. The second kappa shape index (κ2) is 6.66. The summed E-state index contributed by atoms with van der Waals surface area (Å²) in [6, 6.07) is 3.64. The van der Waals surface area contributed by atoms with Crippen LogP contribution in [0.15, 0.2) is 12.3 Å². The van der Waals surface area contributed by atoms with Crippen LogP contribution < -0.4 is 10.1 Å². The van der Waals surface area contributed by atoms with Crippen LogP contribution in [-0.4, -0.2) is 48.4 Å². The van der Waals surface area contributed by atoms with Gasteiger partial charge in [-0.15, -0.1) is 0 Å². The number of pyridine rings is 1. The third kappa shape index (κ3) is 3.45. The maximum Gasteiger partial charge on any atom is 0.140 e. The summed E-state index contributed by atoms with van der Waals surface area (Å²) < 4.78 is 5.13. The van der Waals surface area contributed by atoms with Crippen LogP contribution in [0.4, 0.5) is 0 Å². The molecule has 1 fully saturated rings. The van der Waals surface area contributed by atoms with Crippen molar-refractivity contribution in [1.82, 2.24) is 15.2 Å². The second-order valence-electron chi connectivity index (χ2n) is 5.19. The van der Waals surface area contributed by atoms with Gasteiger partial charge in [0.05, 0.1) is 12.8 Å². The van der Waals surface area contributed by atoms with Crippen LogP contribution in [0.3, 0.4) is 0 Å². The Morgan fingerprint density at radius 1 is 1.70 bits per heavy atom. The first kappa shape index (κ1) is 14.7. The molecule has 0 bridgehead atoms. The summed E-state index contributed by atoms with van der Waals surface area (Å²) in [6.07, 6.45) is 0.748. The maximum absolute atomic E-state index is 10.3. The molecule has 20 heavy (non-hydrogen) atoms. The quantitative estimate of drug-likeness (QED) is 0.833. The predicted octanol–water partition coefficient (Wildman–Crippen LogP) is 0.494. The third-order valence-corrected chi connectivity index (χ3v) is 3.40. The van der Waals surface area contributed by atoms with Gasteiger partial charge in [0, 0.05) is 38.6 Å². The molecule has 2 heterocycles. The van der Waals surface area contributed by atoms with Gasteiger partial charge in [-0.1, -0.05) is 6.92 Å². The van der Waals surface area contributed by atoms with E-state index >= 15 is 0 Å². The standard InChI is InChI=1S/C14H20N4O2/c1-10-5-16-9-18(7-10)8-13(19)12-3-14(20-2)11(4-15)6-17-12/h3,6,10,13,16,19H,5,7-9H2,1-2H3. The van der Waals surface area contributed by atoms with Crippen molar-refractivity contribution in [2.75, 3.05) is 33.4 Å². The number of methoxy groups -OCH3 is 1. The molecule has 0 radical (unpaired) electrons. The molecule has 1 saturated heterocycles. The van der Waals surface area contributed by atoms with E-state index in [2.05, 4.69) is 22.1 Å². The van der Waals surface area contributed by atoms with Crippen LogP contribution in [0.1, 0.15) is 24.3 Å². The lowest BCUT2D eigenvalue weighted by Gasteiger charge is -2.32. The summed E-state index contributed by atoms with van der Waals surface area (Å²) in [5.41, 5.74) is 0.899. The Morgan fingerprint density at radius 3 is 3.15 bits per heavy atom. The number of β-amino-alcohol motifs (C(OH)–C–C–N with tert-alkyl or cyclic N) is 1. The highest BCUT2D eigenvalue weighted by atomic mass is 16.5. The van der Waals surface area contributed by atoms with Gasteiger partial charge >= 0.3 is 0 Å². The lowest BCUT2D eigenvalue weighted by molar-refractivity contribution is 0.0808. The molecule has 0 amide bonds. The molecule has 6 nitrogen and oxygen atoms in total. The number of hydrogen-bond acceptors (Lipinski definition) is 6. The van der Waals surface area contributed by atoms with E-state index in [9.17, 15) is 5.11 Å². The Bertz CT molecular complexity index is 500. The molecule has 0 aromatic carbocycles. The number of ether oxygens (including phenoxy) is 1. The van der Waals surface area contributed by atoms with Gasteiger partial charge in [-0.2, -0.15) is 5.26 Å². The largest absolute Gasteiger partial charge is 0.495 e. The van der Waals surface area contributed by atoms with Gasteiger partial charge in [0.2, 0.25) is 0 Å². The zero-order valence-electron chi connectivity index (χ0n) is 11.8. The smallest absolute Gasteiger partial charge is 0.140 e.